The van der Waals surface area contributed by atoms with Crippen molar-refractivity contribution >= 4 is 28.6 Å². The molecule has 0 saturated heterocycles. The Morgan fingerprint density at radius 3 is 1.96 bits per heavy atom. The maximum absolute atomic E-state index is 12.7. The predicted octanol–water partition coefficient (Wildman–Crippen LogP) is 4.29. The average Bonchev–Trinajstić information content (AvgIpc) is 3.22. The number of phenolic OH excluding ortho intramolecular Hbond substituents is 1. The summed E-state index contributed by atoms with van der Waals surface area (Å²) in [6.07, 6.45) is 0.344. The van der Waals surface area contributed by atoms with Gasteiger partial charge in [0.05, 0.1) is 19.5 Å². The van der Waals surface area contributed by atoms with Gasteiger partial charge >= 0.3 is 0 Å². The molecule has 0 bridgehead atoms. The molecule has 3 rings (SSSR count). The molecule has 1 N–H and O–H groups in total. The van der Waals surface area contributed by atoms with E-state index in [9.17, 15) is 9.90 Å². The molecule has 1 aromatic carbocycles. The molecule has 1 amide bonds. The molecule has 5 heteroatoms. The molecule has 118 valence electrons. The van der Waals surface area contributed by atoms with Crippen molar-refractivity contribution in [2.45, 2.75) is 19.5 Å². The van der Waals surface area contributed by atoms with Crippen molar-refractivity contribution < 1.29 is 9.90 Å². The smallest absolute Gasteiger partial charge is 0.227 e. The number of nitrogens with zero attached hydrogens (tertiary/aromatic N) is 1. The van der Waals surface area contributed by atoms with Crippen LogP contribution < -0.4 is 0 Å². The third-order valence-electron chi connectivity index (χ3n) is 3.50. The standard InChI is InChI=1S/C18H17NO2S2/c20-15-7-5-14(6-8-15)11-18(21)19(12-16-3-1-9-22-16)13-17-4-2-10-23-17/h1-10,20H,11-13H2. The van der Waals surface area contributed by atoms with E-state index in [4.69, 9.17) is 0 Å². The fourth-order valence-electron chi connectivity index (χ4n) is 2.31. The van der Waals surface area contributed by atoms with E-state index in [1.165, 1.54) is 9.75 Å². The van der Waals surface area contributed by atoms with Crippen LogP contribution in [-0.2, 0) is 24.3 Å². The lowest BCUT2D eigenvalue weighted by atomic mass is 10.1. The Kier molecular flexibility index (Phi) is 5.10. The molecule has 2 aromatic heterocycles. The first-order chi connectivity index (χ1) is 11.2. The van der Waals surface area contributed by atoms with Crippen LogP contribution in [0.25, 0.3) is 0 Å². The number of thiophene rings is 2. The Hall–Kier alpha value is -2.11. The fourth-order valence-corrected chi connectivity index (χ4v) is 3.75. The highest BCUT2D eigenvalue weighted by molar-refractivity contribution is 7.10. The predicted molar refractivity (Wildman–Crippen MR) is 94.7 cm³/mol. The zero-order valence-electron chi connectivity index (χ0n) is 12.5. The van der Waals surface area contributed by atoms with Gasteiger partial charge in [0.15, 0.2) is 0 Å². The Balaban J connectivity index is 1.73. The molecular formula is C18H17NO2S2. The first kappa shape index (κ1) is 15.8. The van der Waals surface area contributed by atoms with Crippen molar-refractivity contribution in [1.29, 1.82) is 0 Å². The molecule has 3 nitrogen and oxygen atoms in total. The number of rotatable bonds is 6. The van der Waals surface area contributed by atoms with Crippen LogP contribution in [0.4, 0.5) is 0 Å². The maximum atomic E-state index is 12.7. The zero-order valence-corrected chi connectivity index (χ0v) is 14.1. The van der Waals surface area contributed by atoms with Crippen LogP contribution >= 0.6 is 22.7 Å². The second-order valence-corrected chi connectivity index (χ2v) is 7.32. The van der Waals surface area contributed by atoms with Gasteiger partial charge in [-0.05, 0) is 40.6 Å². The molecule has 0 saturated carbocycles. The van der Waals surface area contributed by atoms with Crippen LogP contribution in [-0.4, -0.2) is 15.9 Å². The number of phenols is 1. The summed E-state index contributed by atoms with van der Waals surface area (Å²) in [6.45, 7) is 1.26. The second-order valence-electron chi connectivity index (χ2n) is 5.25. The normalized spacial score (nSPS) is 10.6. The third-order valence-corrected chi connectivity index (χ3v) is 5.22. The fraction of sp³-hybridized carbons (Fsp3) is 0.167. The van der Waals surface area contributed by atoms with Crippen LogP contribution in [0.1, 0.15) is 15.3 Å². The molecule has 0 fully saturated rings. The zero-order chi connectivity index (χ0) is 16.1. The van der Waals surface area contributed by atoms with Gasteiger partial charge in [-0.25, -0.2) is 0 Å². The minimum atomic E-state index is 0.0949. The first-order valence-corrected chi connectivity index (χ1v) is 9.07. The topological polar surface area (TPSA) is 40.5 Å². The first-order valence-electron chi connectivity index (χ1n) is 7.31. The van der Waals surface area contributed by atoms with Gasteiger partial charge < -0.3 is 10.0 Å². The minimum absolute atomic E-state index is 0.0949. The molecule has 0 unspecified atom stereocenters. The van der Waals surface area contributed by atoms with Crippen molar-refractivity contribution in [3.63, 3.8) is 0 Å². The number of carbonyl (C=O) groups excluding carboxylic acids is 1. The van der Waals surface area contributed by atoms with E-state index in [0.717, 1.165) is 5.56 Å². The summed E-state index contributed by atoms with van der Waals surface area (Å²) in [5, 5.41) is 13.4. The number of aromatic hydroxyl groups is 1. The number of carbonyl (C=O) groups is 1. The van der Waals surface area contributed by atoms with Crippen molar-refractivity contribution in [1.82, 2.24) is 4.90 Å². The van der Waals surface area contributed by atoms with E-state index in [2.05, 4.69) is 12.1 Å². The molecular weight excluding hydrogens is 326 g/mol. The summed E-state index contributed by atoms with van der Waals surface area (Å²) in [5.74, 6) is 0.313. The number of benzene rings is 1. The van der Waals surface area contributed by atoms with Gasteiger partial charge in [-0.2, -0.15) is 0 Å². The van der Waals surface area contributed by atoms with E-state index in [0.29, 0.717) is 19.5 Å². The summed E-state index contributed by atoms with van der Waals surface area (Å²) in [5.41, 5.74) is 0.912. The molecule has 3 aromatic rings. The molecule has 0 spiro atoms. The molecule has 0 aliphatic carbocycles. The Bertz CT molecular complexity index is 698. The van der Waals surface area contributed by atoms with E-state index in [-0.39, 0.29) is 11.7 Å². The average molecular weight is 343 g/mol. The van der Waals surface area contributed by atoms with Gasteiger partial charge in [0.2, 0.25) is 5.91 Å². The van der Waals surface area contributed by atoms with Gasteiger partial charge in [-0.15, -0.1) is 22.7 Å². The largest absolute Gasteiger partial charge is 0.508 e. The third kappa shape index (κ3) is 4.43. The molecule has 0 radical (unpaired) electrons. The lowest BCUT2D eigenvalue weighted by molar-refractivity contribution is -0.131. The monoisotopic (exact) mass is 343 g/mol. The molecule has 0 aliphatic rings. The van der Waals surface area contributed by atoms with Gasteiger partial charge in [0.1, 0.15) is 5.75 Å². The quantitative estimate of drug-likeness (QED) is 0.725. The van der Waals surface area contributed by atoms with Crippen LogP contribution in [0.2, 0.25) is 0 Å². The summed E-state index contributed by atoms with van der Waals surface area (Å²) < 4.78 is 0. The van der Waals surface area contributed by atoms with Crippen LogP contribution in [0.15, 0.2) is 59.3 Å². The van der Waals surface area contributed by atoms with Gasteiger partial charge in [-0.1, -0.05) is 24.3 Å². The van der Waals surface area contributed by atoms with Crippen LogP contribution in [0.3, 0.4) is 0 Å². The van der Waals surface area contributed by atoms with E-state index < -0.39 is 0 Å². The van der Waals surface area contributed by atoms with Gasteiger partial charge in [-0.3, -0.25) is 4.79 Å². The highest BCUT2D eigenvalue weighted by Crippen LogP contribution is 2.19. The van der Waals surface area contributed by atoms with Gasteiger partial charge in [0, 0.05) is 9.75 Å². The highest BCUT2D eigenvalue weighted by Gasteiger charge is 2.16. The Labute approximate surface area is 143 Å². The SMILES string of the molecule is O=C(Cc1ccc(O)cc1)N(Cc1cccs1)Cc1cccs1. The van der Waals surface area contributed by atoms with Crippen molar-refractivity contribution in [2.24, 2.45) is 0 Å². The van der Waals surface area contributed by atoms with Crippen molar-refractivity contribution in [3.8, 4) is 5.75 Å². The van der Waals surface area contributed by atoms with Crippen molar-refractivity contribution in [2.75, 3.05) is 0 Å². The number of hydrogen-bond acceptors (Lipinski definition) is 4. The Morgan fingerprint density at radius 1 is 0.913 bits per heavy atom. The summed E-state index contributed by atoms with van der Waals surface area (Å²) in [4.78, 5) is 17.0. The maximum Gasteiger partial charge on any atom is 0.227 e. The van der Waals surface area contributed by atoms with E-state index in [1.54, 1.807) is 46.9 Å². The minimum Gasteiger partial charge on any atom is -0.508 e. The molecule has 0 atom stereocenters. The van der Waals surface area contributed by atoms with Gasteiger partial charge in [0.25, 0.3) is 0 Å². The number of hydrogen-bond donors (Lipinski definition) is 1. The van der Waals surface area contributed by atoms with Crippen LogP contribution in [0, 0.1) is 0 Å². The molecule has 23 heavy (non-hydrogen) atoms. The van der Waals surface area contributed by atoms with Crippen molar-refractivity contribution in [3.05, 3.63) is 74.6 Å². The lowest BCUT2D eigenvalue weighted by Gasteiger charge is -2.21. The van der Waals surface area contributed by atoms with Crippen LogP contribution in [0.5, 0.6) is 5.75 Å². The van der Waals surface area contributed by atoms with E-state index in [1.807, 2.05) is 27.8 Å². The van der Waals surface area contributed by atoms with E-state index >= 15 is 0 Å². The second kappa shape index (κ2) is 7.44. The highest BCUT2D eigenvalue weighted by atomic mass is 32.1. The summed E-state index contributed by atoms with van der Waals surface area (Å²) in [6, 6.07) is 14.9. The molecule has 2 heterocycles. The number of amides is 1. The Morgan fingerprint density at radius 2 is 1.48 bits per heavy atom. The lowest BCUT2D eigenvalue weighted by Crippen LogP contribution is -2.30. The summed E-state index contributed by atoms with van der Waals surface area (Å²) in [7, 11) is 0. The summed E-state index contributed by atoms with van der Waals surface area (Å²) >= 11 is 3.33. The molecule has 0 aliphatic heterocycles.